The standard InChI is InChI=1S/C49H55N9O7/c1-27(2)41(54-48(61)63-5)45(59)56-20-10-14-36(56)43-50-25-34(52-43)30-16-17-32-23-39-33-19-18-31(24-40(33)65-47(58(39)38(32)22-30)29-12-8-7-9-13-29)35-26-51-44(53-35)37-15-11-21-57(37)46(60)42(28(3)4)55-49(62)64-6/h7-9,12-13,16-19,22-28,36-37,41-42,47H,10-11,14-15,20-21H2,1-6H3,(H,50,52)(H,51,53)(H,54,61)(H,55,62)/t36-,37-,41-,42-,47?/m0/s1. The molecule has 3 aliphatic heterocycles. The minimum atomic E-state index is -0.720. The Hall–Kier alpha value is -7.10. The summed E-state index contributed by atoms with van der Waals surface area (Å²) in [6.45, 7) is 8.74. The van der Waals surface area contributed by atoms with Crippen LogP contribution in [0.4, 0.5) is 9.59 Å². The number of imidazole rings is 2. The van der Waals surface area contributed by atoms with Gasteiger partial charge in [0, 0.05) is 40.7 Å². The lowest BCUT2D eigenvalue weighted by atomic mass is 10.0. The second-order valence-corrected chi connectivity index (χ2v) is 17.7. The zero-order chi connectivity index (χ0) is 45.5. The van der Waals surface area contributed by atoms with Gasteiger partial charge < -0.3 is 49.2 Å². The molecular formula is C49H55N9O7. The van der Waals surface area contributed by atoms with Crippen molar-refractivity contribution in [2.75, 3.05) is 27.3 Å². The average Bonchev–Trinajstić information content (AvgIpc) is 4.18. The third-order valence-corrected chi connectivity index (χ3v) is 13.0. The van der Waals surface area contributed by atoms with E-state index in [0.29, 0.717) is 24.7 Å². The predicted octanol–water partition coefficient (Wildman–Crippen LogP) is 8.12. The number of benzene rings is 3. The van der Waals surface area contributed by atoms with Gasteiger partial charge in [0.15, 0.2) is 0 Å². The number of carbonyl (C=O) groups excluding carboxylic acids is 4. The zero-order valence-electron chi connectivity index (χ0n) is 37.5. The first-order valence-electron chi connectivity index (χ1n) is 22.4. The van der Waals surface area contributed by atoms with E-state index >= 15 is 0 Å². The van der Waals surface area contributed by atoms with Crippen molar-refractivity contribution < 1.29 is 33.4 Å². The van der Waals surface area contributed by atoms with E-state index in [1.54, 1.807) is 6.20 Å². The SMILES string of the molecule is COC(=O)N[C@H](C(=O)N1CCC[C@H]1c1ncc(-c2ccc3c(c2)OC(c2ccccc2)n2c-3cc3ccc(-c4cnc([C@@H]5CCCN5C(=O)[C@@H](NC(=O)OC)C(C)C)[nH]4)cc32)[nH]1)C(C)C. The van der Waals surface area contributed by atoms with Crippen molar-refractivity contribution in [3.63, 3.8) is 0 Å². The number of methoxy groups -OCH3 is 2. The third-order valence-electron chi connectivity index (χ3n) is 13.0. The predicted molar refractivity (Wildman–Crippen MR) is 243 cm³/mol. The van der Waals surface area contributed by atoms with Crippen molar-refractivity contribution in [3.05, 3.63) is 102 Å². The van der Waals surface area contributed by atoms with Gasteiger partial charge in [0.1, 0.15) is 29.5 Å². The quantitative estimate of drug-likeness (QED) is 0.0997. The minimum Gasteiger partial charge on any atom is -0.465 e. The molecule has 5 atom stereocenters. The average molecular weight is 882 g/mol. The molecule has 16 heteroatoms. The second kappa shape index (κ2) is 17.8. The van der Waals surface area contributed by atoms with E-state index in [0.717, 1.165) is 81.7 Å². The van der Waals surface area contributed by atoms with Gasteiger partial charge in [-0.2, -0.15) is 0 Å². The van der Waals surface area contributed by atoms with Crippen molar-refractivity contribution in [1.29, 1.82) is 0 Å². The number of fused-ring (bicyclic) bond motifs is 5. The van der Waals surface area contributed by atoms with E-state index in [-0.39, 0.29) is 35.7 Å². The Morgan fingerprint density at radius 1 is 0.708 bits per heavy atom. The minimum absolute atomic E-state index is 0.131. The highest BCUT2D eigenvalue weighted by Crippen LogP contribution is 2.46. The number of nitrogens with one attached hydrogen (secondary N) is 4. The summed E-state index contributed by atoms with van der Waals surface area (Å²) in [5.74, 6) is 1.54. The first-order valence-corrected chi connectivity index (χ1v) is 22.4. The van der Waals surface area contributed by atoms with Gasteiger partial charge in [0.2, 0.25) is 18.0 Å². The first kappa shape index (κ1) is 43.2. The summed E-state index contributed by atoms with van der Waals surface area (Å²) >= 11 is 0. The van der Waals surface area contributed by atoms with Crippen molar-refractivity contribution >= 4 is 34.9 Å². The molecule has 0 radical (unpaired) electrons. The summed E-state index contributed by atoms with van der Waals surface area (Å²) in [6, 6.07) is 22.9. The van der Waals surface area contributed by atoms with Crippen molar-refractivity contribution in [2.24, 2.45) is 11.8 Å². The van der Waals surface area contributed by atoms with Crippen molar-refractivity contribution in [3.8, 4) is 39.5 Å². The summed E-state index contributed by atoms with van der Waals surface area (Å²) < 4.78 is 18.8. The van der Waals surface area contributed by atoms with Gasteiger partial charge in [-0.05, 0) is 61.8 Å². The fourth-order valence-corrected chi connectivity index (χ4v) is 9.55. The van der Waals surface area contributed by atoms with Crippen LogP contribution >= 0.6 is 0 Å². The number of likely N-dealkylation sites (tertiary alicyclic amines) is 2. The number of aromatic amines is 2. The Balaban J connectivity index is 1.01. The molecule has 3 aromatic heterocycles. The monoisotopic (exact) mass is 881 g/mol. The highest BCUT2D eigenvalue weighted by molar-refractivity contribution is 5.93. The number of aromatic nitrogens is 5. The van der Waals surface area contributed by atoms with Crippen molar-refractivity contribution in [1.82, 2.24) is 44.9 Å². The molecule has 9 rings (SSSR count). The fraction of sp³-hybridized carbons (Fsp3) is 0.388. The van der Waals surface area contributed by atoms with E-state index in [1.165, 1.54) is 14.2 Å². The maximum absolute atomic E-state index is 13.8. The number of ether oxygens (including phenoxy) is 3. The van der Waals surface area contributed by atoms with Crippen LogP contribution in [0, 0.1) is 11.8 Å². The number of alkyl carbamates (subject to hydrolysis) is 2. The highest BCUT2D eigenvalue weighted by atomic mass is 16.5. The van der Waals surface area contributed by atoms with Crippen LogP contribution in [0.1, 0.15) is 88.9 Å². The summed E-state index contributed by atoms with van der Waals surface area (Å²) in [7, 11) is 2.58. The van der Waals surface area contributed by atoms with E-state index in [1.807, 2.05) is 68.0 Å². The molecule has 0 saturated carbocycles. The molecule has 4 N–H and O–H groups in total. The van der Waals surface area contributed by atoms with Gasteiger partial charge in [0.25, 0.3) is 0 Å². The molecular weight excluding hydrogens is 827 g/mol. The molecule has 2 saturated heterocycles. The molecule has 1 unspecified atom stereocenters. The normalized spacial score (nSPS) is 18.9. The van der Waals surface area contributed by atoms with E-state index in [9.17, 15) is 19.2 Å². The van der Waals surface area contributed by atoms with Crippen LogP contribution < -0.4 is 15.4 Å². The topological polar surface area (TPSA) is 189 Å². The van der Waals surface area contributed by atoms with Crippen LogP contribution in [0.15, 0.2) is 85.2 Å². The van der Waals surface area contributed by atoms with E-state index < -0.39 is 30.5 Å². The van der Waals surface area contributed by atoms with Crippen LogP contribution in [0.3, 0.4) is 0 Å². The fourth-order valence-electron chi connectivity index (χ4n) is 9.55. The molecule has 338 valence electrons. The van der Waals surface area contributed by atoms with Gasteiger partial charge in [-0.3, -0.25) is 9.59 Å². The Morgan fingerprint density at radius 2 is 1.25 bits per heavy atom. The van der Waals surface area contributed by atoms with Gasteiger partial charge >= 0.3 is 12.2 Å². The molecule has 0 aliphatic carbocycles. The molecule has 6 heterocycles. The Morgan fingerprint density at radius 3 is 1.78 bits per heavy atom. The van der Waals surface area contributed by atoms with E-state index in [4.69, 9.17) is 24.2 Å². The number of H-pyrrole nitrogens is 2. The summed E-state index contributed by atoms with van der Waals surface area (Å²) in [5, 5.41) is 6.48. The molecule has 2 fully saturated rings. The smallest absolute Gasteiger partial charge is 0.407 e. The van der Waals surface area contributed by atoms with Gasteiger partial charge in [0.05, 0.1) is 61.3 Å². The number of amides is 4. The van der Waals surface area contributed by atoms with Crippen LogP contribution in [0.2, 0.25) is 0 Å². The summed E-state index contributed by atoms with van der Waals surface area (Å²) in [4.78, 5) is 72.0. The number of rotatable bonds is 11. The molecule has 3 aliphatic rings. The number of nitrogens with zero attached hydrogens (tertiary/aromatic N) is 5. The molecule has 4 amide bonds. The van der Waals surface area contributed by atoms with Crippen LogP contribution in [0.25, 0.3) is 44.7 Å². The number of carbonyl (C=O) groups is 4. The van der Waals surface area contributed by atoms with Crippen LogP contribution in [0.5, 0.6) is 5.75 Å². The van der Waals surface area contributed by atoms with Crippen LogP contribution in [-0.4, -0.2) is 97.7 Å². The second-order valence-electron chi connectivity index (χ2n) is 17.7. The molecule has 3 aromatic carbocycles. The summed E-state index contributed by atoms with van der Waals surface area (Å²) in [5.41, 5.74) is 7.37. The van der Waals surface area contributed by atoms with Gasteiger partial charge in [-0.15, -0.1) is 0 Å². The Labute approximate surface area is 377 Å². The lowest BCUT2D eigenvalue weighted by molar-refractivity contribution is -0.136. The lowest BCUT2D eigenvalue weighted by Crippen LogP contribution is -2.51. The Bertz CT molecular complexity index is 2740. The highest BCUT2D eigenvalue weighted by Gasteiger charge is 2.39. The maximum atomic E-state index is 13.8. The molecule has 6 aromatic rings. The largest absolute Gasteiger partial charge is 0.465 e. The van der Waals surface area contributed by atoms with Gasteiger partial charge in [-0.1, -0.05) is 76.2 Å². The number of hydrogen-bond donors (Lipinski definition) is 4. The van der Waals surface area contributed by atoms with Crippen LogP contribution in [-0.2, 0) is 19.1 Å². The van der Waals surface area contributed by atoms with E-state index in [2.05, 4.69) is 73.7 Å². The number of hydrogen-bond acceptors (Lipinski definition) is 9. The molecule has 16 nitrogen and oxygen atoms in total. The molecule has 65 heavy (non-hydrogen) atoms. The molecule has 0 bridgehead atoms. The third kappa shape index (κ3) is 8.17. The summed E-state index contributed by atoms with van der Waals surface area (Å²) in [6.07, 6.45) is 5.01. The molecule has 0 spiro atoms. The first-order chi connectivity index (χ1) is 31.4. The van der Waals surface area contributed by atoms with Gasteiger partial charge in [-0.25, -0.2) is 19.6 Å². The maximum Gasteiger partial charge on any atom is 0.407 e. The van der Waals surface area contributed by atoms with Crippen molar-refractivity contribution in [2.45, 2.75) is 83.8 Å². The lowest BCUT2D eigenvalue weighted by Gasteiger charge is -2.30. The zero-order valence-corrected chi connectivity index (χ0v) is 37.5. The Kier molecular flexibility index (Phi) is 11.8.